The van der Waals surface area contributed by atoms with Crippen molar-refractivity contribution >= 4 is 19.7 Å². The highest BCUT2D eigenvalue weighted by atomic mass is 31.2. The van der Waals surface area contributed by atoms with Gasteiger partial charge in [-0.1, -0.05) is 235 Å². The fourth-order valence-corrected chi connectivity index (χ4v) is 9.46. The van der Waals surface area contributed by atoms with Gasteiger partial charge in [-0.2, -0.15) is 0 Å². The molecule has 9 nitrogen and oxygen atoms in total. The Labute approximate surface area is 463 Å². The number of quaternary nitrogens is 1. The van der Waals surface area contributed by atoms with E-state index in [1.165, 1.54) is 154 Å². The van der Waals surface area contributed by atoms with Gasteiger partial charge in [-0.15, -0.1) is 0 Å². The highest BCUT2D eigenvalue weighted by molar-refractivity contribution is 7.45. The molecule has 0 rings (SSSR count). The van der Waals surface area contributed by atoms with Crippen LogP contribution in [0.1, 0.15) is 278 Å². The lowest BCUT2D eigenvalue weighted by Crippen LogP contribution is -2.47. The molecule has 0 radical (unpaired) electrons. The Morgan fingerprint density at radius 1 is 0.467 bits per heavy atom. The van der Waals surface area contributed by atoms with Gasteiger partial charge in [0, 0.05) is 12.8 Å². The Morgan fingerprint density at radius 2 is 0.813 bits per heavy atom. The average molecular weight is 1070 g/mol. The number of rotatable bonds is 56. The zero-order chi connectivity index (χ0) is 55.0. The van der Waals surface area contributed by atoms with Crippen molar-refractivity contribution in [2.75, 3.05) is 40.9 Å². The van der Waals surface area contributed by atoms with Gasteiger partial charge in [0.25, 0.3) is 7.82 Å². The minimum absolute atomic E-state index is 0.0300. The van der Waals surface area contributed by atoms with Gasteiger partial charge in [0.15, 0.2) is 0 Å². The van der Waals surface area contributed by atoms with Crippen LogP contribution in [0.2, 0.25) is 0 Å². The smallest absolute Gasteiger partial charge is 0.306 e. The third-order valence-corrected chi connectivity index (χ3v) is 14.6. The van der Waals surface area contributed by atoms with E-state index in [1.807, 2.05) is 33.3 Å². The van der Waals surface area contributed by atoms with Gasteiger partial charge in [-0.25, -0.2) is 0 Å². The predicted octanol–water partition coefficient (Wildman–Crippen LogP) is 18.6. The number of amides is 1. The van der Waals surface area contributed by atoms with Crippen molar-refractivity contribution in [2.45, 2.75) is 290 Å². The lowest BCUT2D eigenvalue weighted by molar-refractivity contribution is -0.870. The molecule has 0 aliphatic carbocycles. The molecule has 0 saturated carbocycles. The average Bonchev–Trinajstić information content (AvgIpc) is 3.37. The molecule has 436 valence electrons. The molecule has 0 fully saturated rings. The van der Waals surface area contributed by atoms with Crippen LogP contribution in [0, 0.1) is 0 Å². The summed E-state index contributed by atoms with van der Waals surface area (Å²) in [7, 11) is 1.16. The molecule has 1 amide bonds. The number of esters is 1. The summed E-state index contributed by atoms with van der Waals surface area (Å²) >= 11 is 0. The number of phosphoric acid groups is 1. The summed E-state index contributed by atoms with van der Waals surface area (Å²) in [5, 5.41) is 3.02. The molecule has 0 aliphatic heterocycles. The molecule has 3 unspecified atom stereocenters. The van der Waals surface area contributed by atoms with Crippen LogP contribution in [-0.2, 0) is 27.9 Å². The molecule has 1 N–H and O–H groups in total. The number of allylic oxidation sites excluding steroid dienone is 11. The number of nitrogens with one attached hydrogen (secondary N) is 1. The molecular weight excluding hydrogens is 952 g/mol. The first kappa shape index (κ1) is 72.5. The first-order chi connectivity index (χ1) is 36.4. The van der Waals surface area contributed by atoms with Crippen LogP contribution in [0.4, 0.5) is 0 Å². The SMILES string of the molecule is CCCCC/C=C\C/C=C\C/C=C\C/C=C\CCCCCC(=O)OC(/C=C/CCCCCCCCCCC)C(COP(=O)([O-])OCC[N+](C)(C)C)NC(=O)CCCCCCCCCCC/C=C/CCCCCCCC. The number of likely N-dealkylation sites (N-methyl/N-ethyl adjacent to an activating group) is 1. The van der Waals surface area contributed by atoms with Crippen molar-refractivity contribution in [1.82, 2.24) is 5.32 Å². The Balaban J connectivity index is 5.28. The maximum absolute atomic E-state index is 13.5. The summed E-state index contributed by atoms with van der Waals surface area (Å²) in [5.74, 6) is -0.577. The van der Waals surface area contributed by atoms with Crippen molar-refractivity contribution < 1.29 is 37.3 Å². The van der Waals surface area contributed by atoms with Crippen molar-refractivity contribution in [3.05, 3.63) is 72.9 Å². The molecule has 0 aromatic rings. The number of hydrogen-bond donors (Lipinski definition) is 1. The second kappa shape index (κ2) is 54.8. The van der Waals surface area contributed by atoms with Crippen LogP contribution in [0.15, 0.2) is 72.9 Å². The van der Waals surface area contributed by atoms with Gasteiger partial charge in [-0.3, -0.25) is 14.2 Å². The van der Waals surface area contributed by atoms with E-state index in [4.69, 9.17) is 13.8 Å². The standard InChI is InChI=1S/C65H119N2O7P/c1-7-10-13-16-19-22-25-27-29-31-33-35-37-39-42-45-48-51-54-57-64(68)66-62(61-73-75(70,71)72-60-59-67(4,5)6)63(56-53-50-47-44-41-24-21-18-15-12-9-3)74-65(69)58-55-52-49-46-43-40-38-36-34-32-30-28-26-23-20-17-14-11-8-2/h20,23,27-30,34,36,40,43,53,56,62-63H,7-19,21-22,24-26,31-33,35,37-39,41-42,44-52,54-55,57-61H2,1-6H3,(H-,66,68,70,71)/b23-20-,29-27+,30-28-,36-34-,43-40-,56-53+. The molecule has 0 aliphatic rings. The van der Waals surface area contributed by atoms with Crippen molar-refractivity contribution in [3.63, 3.8) is 0 Å². The van der Waals surface area contributed by atoms with E-state index in [0.29, 0.717) is 23.9 Å². The molecule has 0 spiro atoms. The zero-order valence-electron chi connectivity index (χ0n) is 49.7. The van der Waals surface area contributed by atoms with Gasteiger partial charge in [0.1, 0.15) is 19.3 Å². The molecule has 3 atom stereocenters. The van der Waals surface area contributed by atoms with E-state index in [-0.39, 0.29) is 24.9 Å². The van der Waals surface area contributed by atoms with Crippen LogP contribution in [0.25, 0.3) is 0 Å². The van der Waals surface area contributed by atoms with Gasteiger partial charge >= 0.3 is 5.97 Å². The third-order valence-electron chi connectivity index (χ3n) is 13.6. The lowest BCUT2D eigenvalue weighted by atomic mass is 10.0. The van der Waals surface area contributed by atoms with E-state index < -0.39 is 26.6 Å². The fourth-order valence-electron chi connectivity index (χ4n) is 8.74. The van der Waals surface area contributed by atoms with Crippen LogP contribution in [0.3, 0.4) is 0 Å². The van der Waals surface area contributed by atoms with Crippen LogP contribution >= 0.6 is 7.82 Å². The van der Waals surface area contributed by atoms with E-state index in [0.717, 1.165) is 83.5 Å². The number of unbranched alkanes of at least 4 members (excludes halogenated alkanes) is 30. The quantitative estimate of drug-likeness (QED) is 0.0212. The van der Waals surface area contributed by atoms with E-state index in [9.17, 15) is 19.0 Å². The number of nitrogens with zero attached hydrogens (tertiary/aromatic N) is 1. The topological polar surface area (TPSA) is 114 Å². The summed E-state index contributed by atoms with van der Waals surface area (Å²) in [6.07, 6.45) is 70.1. The Morgan fingerprint density at radius 3 is 1.27 bits per heavy atom. The van der Waals surface area contributed by atoms with E-state index in [2.05, 4.69) is 86.8 Å². The van der Waals surface area contributed by atoms with Crippen LogP contribution < -0.4 is 10.2 Å². The van der Waals surface area contributed by atoms with E-state index >= 15 is 0 Å². The normalized spacial score (nSPS) is 14.2. The highest BCUT2D eigenvalue weighted by Gasteiger charge is 2.27. The van der Waals surface area contributed by atoms with E-state index in [1.54, 1.807) is 0 Å². The first-order valence-corrected chi connectivity index (χ1v) is 32.7. The van der Waals surface area contributed by atoms with Crippen molar-refractivity contribution in [3.8, 4) is 0 Å². The second-order valence-electron chi connectivity index (χ2n) is 22.2. The number of ether oxygens (including phenoxy) is 1. The number of phosphoric ester groups is 1. The number of hydrogen-bond acceptors (Lipinski definition) is 7. The molecule has 10 heteroatoms. The number of carbonyl (C=O) groups excluding carboxylic acids is 2. The second-order valence-corrected chi connectivity index (χ2v) is 23.6. The summed E-state index contributed by atoms with van der Waals surface area (Å²) in [6.45, 7) is 6.79. The predicted molar refractivity (Wildman–Crippen MR) is 321 cm³/mol. The molecule has 0 aromatic heterocycles. The van der Waals surface area contributed by atoms with Gasteiger partial charge < -0.3 is 28.5 Å². The molecule has 0 saturated heterocycles. The lowest BCUT2D eigenvalue weighted by Gasteiger charge is -2.30. The Kier molecular flexibility index (Phi) is 52.9. The molecule has 0 heterocycles. The summed E-state index contributed by atoms with van der Waals surface area (Å²) in [6, 6.07) is -0.904. The summed E-state index contributed by atoms with van der Waals surface area (Å²) in [5.41, 5.74) is 0. The van der Waals surface area contributed by atoms with Crippen LogP contribution in [-0.4, -0.2) is 69.4 Å². The maximum atomic E-state index is 13.5. The molecule has 75 heavy (non-hydrogen) atoms. The highest BCUT2D eigenvalue weighted by Crippen LogP contribution is 2.38. The largest absolute Gasteiger partial charge is 0.756 e. The maximum Gasteiger partial charge on any atom is 0.306 e. The Hall–Kier alpha value is -2.55. The number of carbonyl (C=O) groups is 2. The van der Waals surface area contributed by atoms with Crippen molar-refractivity contribution in [2.24, 2.45) is 0 Å². The van der Waals surface area contributed by atoms with Gasteiger partial charge in [-0.05, 0) is 102 Å². The zero-order valence-corrected chi connectivity index (χ0v) is 50.6. The molecule has 0 bridgehead atoms. The third kappa shape index (κ3) is 56.0. The molecular formula is C65H119N2O7P. The fraction of sp³-hybridized carbons (Fsp3) is 0.785. The van der Waals surface area contributed by atoms with Gasteiger partial charge in [0.05, 0.1) is 33.8 Å². The van der Waals surface area contributed by atoms with Gasteiger partial charge in [0.2, 0.25) is 5.91 Å². The van der Waals surface area contributed by atoms with Crippen molar-refractivity contribution in [1.29, 1.82) is 0 Å². The van der Waals surface area contributed by atoms with Crippen LogP contribution in [0.5, 0.6) is 0 Å². The minimum Gasteiger partial charge on any atom is -0.756 e. The minimum atomic E-state index is -4.71. The summed E-state index contributed by atoms with van der Waals surface area (Å²) < 4.78 is 30.3. The molecule has 0 aromatic carbocycles. The summed E-state index contributed by atoms with van der Waals surface area (Å²) in [4.78, 5) is 40.0. The Bertz CT molecular complexity index is 1510. The first-order valence-electron chi connectivity index (χ1n) is 31.2. The monoisotopic (exact) mass is 1070 g/mol.